The Morgan fingerprint density at radius 1 is 1.32 bits per heavy atom. The first-order chi connectivity index (χ1) is 10.6. The summed E-state index contributed by atoms with van der Waals surface area (Å²) in [5.41, 5.74) is 0. The van der Waals surface area contributed by atoms with Crippen molar-refractivity contribution in [3.8, 4) is 0 Å². The van der Waals surface area contributed by atoms with Crippen LogP contribution in [0.25, 0.3) is 0 Å². The summed E-state index contributed by atoms with van der Waals surface area (Å²) in [5.74, 6) is 2.85. The summed E-state index contributed by atoms with van der Waals surface area (Å²) in [7, 11) is 0. The zero-order chi connectivity index (χ0) is 15.9. The van der Waals surface area contributed by atoms with Crippen molar-refractivity contribution < 1.29 is 4.74 Å². The van der Waals surface area contributed by atoms with E-state index < -0.39 is 0 Å². The van der Waals surface area contributed by atoms with Gasteiger partial charge in [-0.15, -0.1) is 0 Å². The number of hydrogen-bond acceptors (Lipinski definition) is 4. The van der Waals surface area contributed by atoms with Crippen molar-refractivity contribution in [1.82, 2.24) is 16.0 Å². The second-order valence-corrected chi connectivity index (χ2v) is 6.95. The van der Waals surface area contributed by atoms with E-state index in [1.807, 2.05) is 0 Å². The highest BCUT2D eigenvalue weighted by molar-refractivity contribution is 5.23. The third-order valence-electron chi connectivity index (χ3n) is 4.08. The number of rotatable bonds is 10. The summed E-state index contributed by atoms with van der Waals surface area (Å²) in [5, 5.41) is 10.4. The molecule has 1 fully saturated rings. The quantitative estimate of drug-likeness (QED) is 0.543. The first kappa shape index (κ1) is 17.2. The van der Waals surface area contributed by atoms with E-state index in [1.165, 1.54) is 12.8 Å². The predicted molar refractivity (Wildman–Crippen MR) is 92.4 cm³/mol. The molecule has 1 aliphatic heterocycles. The molecule has 1 heterocycles. The lowest BCUT2D eigenvalue weighted by Crippen LogP contribution is -2.39. The highest BCUT2D eigenvalue weighted by atomic mass is 16.5. The van der Waals surface area contributed by atoms with Crippen LogP contribution in [0, 0.1) is 5.92 Å². The number of nitrogens with one attached hydrogen (secondary N) is 3. The Morgan fingerprint density at radius 3 is 2.68 bits per heavy atom. The van der Waals surface area contributed by atoms with Crippen LogP contribution < -0.4 is 16.0 Å². The normalized spacial score (nSPS) is 22.7. The molecule has 4 heteroatoms. The highest BCUT2D eigenvalue weighted by Gasteiger charge is 2.25. The monoisotopic (exact) mass is 307 g/mol. The Hall–Kier alpha value is -1.16. The van der Waals surface area contributed by atoms with Gasteiger partial charge in [-0.05, 0) is 63.8 Å². The maximum absolute atomic E-state index is 6.32. The molecule has 3 N–H and O–H groups in total. The van der Waals surface area contributed by atoms with E-state index in [0.717, 1.165) is 37.5 Å². The van der Waals surface area contributed by atoms with Crippen LogP contribution in [0.1, 0.15) is 53.4 Å². The van der Waals surface area contributed by atoms with Crippen LogP contribution in [0.5, 0.6) is 0 Å². The van der Waals surface area contributed by atoms with Gasteiger partial charge in [0.2, 0.25) is 0 Å². The standard InChI is InChI=1S/C18H33N3O/c1-5-19-11-10-16(12-13(2)3)22-17-8-9-18(20-14(17)4)21-15-6-7-15/h8-9,13-16,19-21H,5-7,10-12H2,1-4H3. The van der Waals surface area contributed by atoms with Gasteiger partial charge in [-0.25, -0.2) is 0 Å². The minimum atomic E-state index is 0.236. The summed E-state index contributed by atoms with van der Waals surface area (Å²) in [6, 6.07) is 0.913. The van der Waals surface area contributed by atoms with Gasteiger partial charge in [0.15, 0.2) is 0 Å². The van der Waals surface area contributed by atoms with E-state index in [0.29, 0.717) is 18.1 Å². The van der Waals surface area contributed by atoms with Crippen molar-refractivity contribution >= 4 is 0 Å². The van der Waals surface area contributed by atoms with Crippen LogP contribution in [0.15, 0.2) is 23.7 Å². The van der Waals surface area contributed by atoms with Crippen molar-refractivity contribution in [3.05, 3.63) is 23.7 Å². The van der Waals surface area contributed by atoms with Gasteiger partial charge in [0.1, 0.15) is 5.76 Å². The molecule has 2 rings (SSSR count). The van der Waals surface area contributed by atoms with E-state index in [-0.39, 0.29) is 6.04 Å². The van der Waals surface area contributed by atoms with E-state index in [2.05, 4.69) is 55.8 Å². The number of allylic oxidation sites excluding steroid dienone is 2. The highest BCUT2D eigenvalue weighted by Crippen LogP contribution is 2.23. The largest absolute Gasteiger partial charge is 0.493 e. The second kappa shape index (κ2) is 8.47. The topological polar surface area (TPSA) is 45.3 Å². The van der Waals surface area contributed by atoms with Gasteiger partial charge < -0.3 is 20.7 Å². The molecule has 2 atom stereocenters. The van der Waals surface area contributed by atoms with Crippen LogP contribution in [0.4, 0.5) is 0 Å². The summed E-state index contributed by atoms with van der Waals surface area (Å²) in [6.07, 6.45) is 9.29. The van der Waals surface area contributed by atoms with Gasteiger partial charge in [0, 0.05) is 6.04 Å². The average molecular weight is 307 g/mol. The van der Waals surface area contributed by atoms with Crippen molar-refractivity contribution in [2.24, 2.45) is 5.92 Å². The minimum absolute atomic E-state index is 0.236. The predicted octanol–water partition coefficient (Wildman–Crippen LogP) is 2.89. The maximum atomic E-state index is 6.32. The third-order valence-corrected chi connectivity index (χ3v) is 4.08. The fourth-order valence-electron chi connectivity index (χ4n) is 2.72. The van der Waals surface area contributed by atoms with Crippen molar-refractivity contribution in [2.45, 2.75) is 71.6 Å². The van der Waals surface area contributed by atoms with Crippen LogP contribution >= 0.6 is 0 Å². The number of dihydropyridines is 1. The Labute approximate surface area is 135 Å². The van der Waals surface area contributed by atoms with Gasteiger partial charge in [-0.1, -0.05) is 20.8 Å². The zero-order valence-electron chi connectivity index (χ0n) is 14.6. The molecule has 2 unspecified atom stereocenters. The van der Waals surface area contributed by atoms with Gasteiger partial charge in [0.25, 0.3) is 0 Å². The molecule has 0 bridgehead atoms. The Balaban J connectivity index is 1.88. The van der Waals surface area contributed by atoms with Crippen molar-refractivity contribution in [2.75, 3.05) is 13.1 Å². The average Bonchev–Trinajstić information content (AvgIpc) is 3.25. The Morgan fingerprint density at radius 2 is 2.09 bits per heavy atom. The molecule has 0 amide bonds. The lowest BCUT2D eigenvalue weighted by molar-refractivity contribution is 0.0768. The molecule has 4 nitrogen and oxygen atoms in total. The fourth-order valence-corrected chi connectivity index (χ4v) is 2.72. The molecule has 22 heavy (non-hydrogen) atoms. The second-order valence-electron chi connectivity index (χ2n) is 6.95. The lowest BCUT2D eigenvalue weighted by Gasteiger charge is -2.29. The van der Waals surface area contributed by atoms with Crippen LogP contribution in [-0.2, 0) is 4.74 Å². The van der Waals surface area contributed by atoms with Crippen LogP contribution in [0.3, 0.4) is 0 Å². The van der Waals surface area contributed by atoms with Gasteiger partial charge in [0.05, 0.1) is 18.0 Å². The SMILES string of the molecule is CCNCCC(CC(C)C)OC1=CC=C(NC2CC2)NC1C. The van der Waals surface area contributed by atoms with Crippen molar-refractivity contribution in [3.63, 3.8) is 0 Å². The van der Waals surface area contributed by atoms with Gasteiger partial charge >= 0.3 is 0 Å². The van der Waals surface area contributed by atoms with Crippen molar-refractivity contribution in [1.29, 1.82) is 0 Å². The summed E-state index contributed by atoms with van der Waals surface area (Å²) >= 11 is 0. The van der Waals surface area contributed by atoms with Gasteiger partial charge in [-0.3, -0.25) is 0 Å². The zero-order valence-corrected chi connectivity index (χ0v) is 14.6. The molecule has 126 valence electrons. The molecule has 1 aliphatic carbocycles. The van der Waals surface area contributed by atoms with Crippen LogP contribution in [-0.4, -0.2) is 31.3 Å². The van der Waals surface area contributed by atoms with Gasteiger partial charge in [-0.2, -0.15) is 0 Å². The summed E-state index contributed by atoms with van der Waals surface area (Å²) in [6.45, 7) is 10.9. The number of hydrogen-bond donors (Lipinski definition) is 3. The smallest absolute Gasteiger partial charge is 0.118 e. The molecular formula is C18H33N3O. The molecule has 1 saturated carbocycles. The summed E-state index contributed by atoms with van der Waals surface area (Å²) in [4.78, 5) is 0. The molecule has 2 aliphatic rings. The van der Waals surface area contributed by atoms with E-state index >= 15 is 0 Å². The third kappa shape index (κ3) is 5.91. The molecule has 0 aromatic heterocycles. The molecular weight excluding hydrogens is 274 g/mol. The van der Waals surface area contributed by atoms with E-state index in [1.54, 1.807) is 0 Å². The molecule has 0 aromatic carbocycles. The molecule has 0 spiro atoms. The lowest BCUT2D eigenvalue weighted by atomic mass is 10.0. The molecule has 0 saturated heterocycles. The summed E-state index contributed by atoms with van der Waals surface area (Å²) < 4.78 is 6.32. The first-order valence-corrected chi connectivity index (χ1v) is 8.90. The maximum Gasteiger partial charge on any atom is 0.118 e. The van der Waals surface area contributed by atoms with E-state index in [9.17, 15) is 0 Å². The molecule has 0 aromatic rings. The fraction of sp³-hybridized carbons (Fsp3) is 0.778. The Kier molecular flexibility index (Phi) is 6.62. The number of ether oxygens (including phenoxy) is 1. The van der Waals surface area contributed by atoms with E-state index in [4.69, 9.17) is 4.74 Å². The Bertz CT molecular complexity index is 399. The first-order valence-electron chi connectivity index (χ1n) is 8.90. The minimum Gasteiger partial charge on any atom is -0.493 e. The van der Waals surface area contributed by atoms with Crippen LogP contribution in [0.2, 0.25) is 0 Å². The molecule has 0 radical (unpaired) electrons.